The van der Waals surface area contributed by atoms with E-state index in [1.165, 1.54) is 22.0 Å². The minimum Gasteiger partial charge on any atom is -0.497 e. The topological polar surface area (TPSA) is 65.5 Å². The molecule has 0 aromatic heterocycles. The highest BCUT2D eigenvalue weighted by molar-refractivity contribution is 5.92. The number of benzene rings is 4. The molecule has 2 fully saturated rings. The van der Waals surface area contributed by atoms with Crippen LogP contribution >= 0.6 is 0 Å². The average molecular weight is 606 g/mol. The van der Waals surface area contributed by atoms with Gasteiger partial charge in [0.25, 0.3) is 0 Å². The first-order valence-corrected chi connectivity index (χ1v) is 16.0. The number of ether oxygens (including phenoxy) is 2. The first-order valence-electron chi connectivity index (χ1n) is 16.0. The van der Waals surface area contributed by atoms with Crippen LogP contribution in [0.3, 0.4) is 0 Å². The van der Waals surface area contributed by atoms with Crippen molar-refractivity contribution in [2.45, 2.75) is 24.9 Å². The normalized spacial score (nSPS) is 17.1. The van der Waals surface area contributed by atoms with Crippen LogP contribution in [0.2, 0.25) is 0 Å². The zero-order chi connectivity index (χ0) is 31.0. The molecule has 1 atom stereocenters. The molecule has 0 spiro atoms. The van der Waals surface area contributed by atoms with E-state index in [1.54, 1.807) is 13.2 Å². The third-order valence-electron chi connectivity index (χ3n) is 9.07. The summed E-state index contributed by atoms with van der Waals surface area (Å²) in [6, 6.07) is 31.0. The van der Waals surface area contributed by atoms with Crippen LogP contribution in [0.4, 0.5) is 5.69 Å². The highest BCUT2D eigenvalue weighted by Gasteiger charge is 2.23. The van der Waals surface area contributed by atoms with Crippen molar-refractivity contribution in [3.8, 4) is 11.5 Å². The van der Waals surface area contributed by atoms with Crippen LogP contribution in [-0.4, -0.2) is 86.4 Å². The summed E-state index contributed by atoms with van der Waals surface area (Å²) in [5.41, 5.74) is 3.41. The number of hydrogen-bond acceptors (Lipinski definition) is 6. The van der Waals surface area contributed by atoms with Crippen LogP contribution in [0, 0.1) is 0 Å². The summed E-state index contributed by atoms with van der Waals surface area (Å²) in [5.74, 6) is 2.08. The van der Waals surface area contributed by atoms with Gasteiger partial charge in [-0.25, -0.2) is 0 Å². The van der Waals surface area contributed by atoms with Gasteiger partial charge in [-0.3, -0.25) is 4.79 Å². The SMILES string of the molecule is COc1ccc2cc(C3CCN(CC(O)COc4ccccc4C=CC(=O)N4CCN(c5ccccc5)CC4)CC3)ccc2c1. The Bertz CT molecular complexity index is 1590. The number of piperazine rings is 1. The van der Waals surface area contributed by atoms with Gasteiger partial charge < -0.3 is 29.3 Å². The maximum absolute atomic E-state index is 12.9. The zero-order valence-corrected chi connectivity index (χ0v) is 26.1. The second-order valence-corrected chi connectivity index (χ2v) is 12.0. The number of nitrogens with zero attached hydrogens (tertiary/aromatic N) is 3. The summed E-state index contributed by atoms with van der Waals surface area (Å²) >= 11 is 0. The number of rotatable bonds is 10. The van der Waals surface area contributed by atoms with Crippen LogP contribution in [-0.2, 0) is 4.79 Å². The Balaban J connectivity index is 0.954. The lowest BCUT2D eigenvalue weighted by Gasteiger charge is -2.35. The Morgan fingerprint density at radius 3 is 2.36 bits per heavy atom. The van der Waals surface area contributed by atoms with E-state index >= 15 is 0 Å². The van der Waals surface area contributed by atoms with Crippen molar-refractivity contribution in [2.75, 3.05) is 64.4 Å². The number of β-amino-alcohol motifs (C(OH)–C–C–N with tert-alkyl or cyclic N) is 1. The number of hydrogen-bond donors (Lipinski definition) is 1. The van der Waals surface area contributed by atoms with Gasteiger partial charge in [0, 0.05) is 50.1 Å². The first-order chi connectivity index (χ1) is 22.1. The molecule has 234 valence electrons. The number of carbonyl (C=O) groups excluding carboxylic acids is 1. The molecule has 45 heavy (non-hydrogen) atoms. The van der Waals surface area contributed by atoms with Crippen molar-refractivity contribution in [3.05, 3.63) is 108 Å². The number of fused-ring (bicyclic) bond motifs is 1. The second kappa shape index (κ2) is 14.6. The lowest BCUT2D eigenvalue weighted by molar-refractivity contribution is -0.126. The monoisotopic (exact) mass is 605 g/mol. The highest BCUT2D eigenvalue weighted by Crippen LogP contribution is 2.31. The predicted molar refractivity (Wildman–Crippen MR) is 181 cm³/mol. The largest absolute Gasteiger partial charge is 0.497 e. The minimum atomic E-state index is -0.600. The molecule has 2 saturated heterocycles. The maximum atomic E-state index is 12.9. The number of amides is 1. The molecule has 6 rings (SSSR count). The molecular weight excluding hydrogens is 562 g/mol. The van der Waals surface area contributed by atoms with Gasteiger partial charge >= 0.3 is 0 Å². The summed E-state index contributed by atoms with van der Waals surface area (Å²) in [6.45, 7) is 5.70. The molecule has 1 unspecified atom stereocenters. The molecule has 4 aromatic carbocycles. The lowest BCUT2D eigenvalue weighted by atomic mass is 9.88. The van der Waals surface area contributed by atoms with Gasteiger partial charge in [0.1, 0.15) is 24.2 Å². The number of piperidine rings is 1. The second-order valence-electron chi connectivity index (χ2n) is 12.0. The van der Waals surface area contributed by atoms with Gasteiger partial charge in [-0.15, -0.1) is 0 Å². The molecule has 0 bridgehead atoms. The maximum Gasteiger partial charge on any atom is 0.246 e. The van der Waals surface area contributed by atoms with Crippen LogP contribution in [0.5, 0.6) is 11.5 Å². The van der Waals surface area contributed by atoms with Crippen molar-refractivity contribution in [3.63, 3.8) is 0 Å². The third-order valence-corrected chi connectivity index (χ3v) is 9.07. The van der Waals surface area contributed by atoms with Crippen molar-refractivity contribution in [1.82, 2.24) is 9.80 Å². The predicted octanol–water partition coefficient (Wildman–Crippen LogP) is 5.83. The Morgan fingerprint density at radius 2 is 1.58 bits per heavy atom. The van der Waals surface area contributed by atoms with Crippen molar-refractivity contribution in [1.29, 1.82) is 0 Å². The Kier molecular flexibility index (Phi) is 9.98. The van der Waals surface area contributed by atoms with Gasteiger partial charge in [0.05, 0.1) is 7.11 Å². The fraction of sp³-hybridized carbons (Fsp3) is 0.342. The number of anilines is 1. The highest BCUT2D eigenvalue weighted by atomic mass is 16.5. The van der Waals surface area contributed by atoms with E-state index in [0.717, 1.165) is 50.3 Å². The van der Waals surface area contributed by atoms with Crippen molar-refractivity contribution < 1.29 is 19.4 Å². The zero-order valence-electron chi connectivity index (χ0n) is 26.1. The summed E-state index contributed by atoms with van der Waals surface area (Å²) < 4.78 is 11.4. The van der Waals surface area contributed by atoms with Gasteiger partial charge in [0.2, 0.25) is 5.91 Å². The number of methoxy groups -OCH3 is 1. The molecule has 0 saturated carbocycles. The van der Waals surface area contributed by atoms with E-state index in [0.29, 0.717) is 31.3 Å². The smallest absolute Gasteiger partial charge is 0.246 e. The van der Waals surface area contributed by atoms with Crippen molar-refractivity contribution >= 4 is 28.4 Å². The van der Waals surface area contributed by atoms with Crippen molar-refractivity contribution in [2.24, 2.45) is 0 Å². The Labute approximate surface area is 266 Å². The molecule has 4 aromatic rings. The molecule has 1 amide bonds. The molecule has 2 aliphatic heterocycles. The lowest BCUT2D eigenvalue weighted by Crippen LogP contribution is -2.48. The summed E-state index contributed by atoms with van der Waals surface area (Å²) in [5, 5.41) is 13.3. The van der Waals surface area contributed by atoms with E-state index < -0.39 is 6.10 Å². The van der Waals surface area contributed by atoms with E-state index in [4.69, 9.17) is 9.47 Å². The van der Waals surface area contributed by atoms with E-state index in [9.17, 15) is 9.90 Å². The standard InChI is InChI=1S/C38H43N3O4/c1-44-36-15-13-32-25-31(11-12-33(32)26-36)29-17-19-39(20-18-29)27-35(42)28-45-37-10-6-5-7-30(37)14-16-38(43)41-23-21-40(22-24-41)34-8-3-2-4-9-34/h2-16,25-26,29,35,42H,17-24,27-28H2,1H3. The summed E-state index contributed by atoms with van der Waals surface area (Å²) in [7, 11) is 1.70. The van der Waals surface area contributed by atoms with Crippen LogP contribution in [0.25, 0.3) is 16.8 Å². The number of carbonyl (C=O) groups is 1. The molecule has 7 nitrogen and oxygen atoms in total. The molecule has 0 radical (unpaired) electrons. The van der Waals surface area contributed by atoms with Gasteiger partial charge in [-0.05, 0) is 84.6 Å². The van der Waals surface area contributed by atoms with E-state index in [-0.39, 0.29) is 12.5 Å². The van der Waals surface area contributed by atoms with E-state index in [2.05, 4.69) is 52.3 Å². The van der Waals surface area contributed by atoms with Crippen LogP contribution in [0.1, 0.15) is 29.9 Å². The fourth-order valence-electron chi connectivity index (χ4n) is 6.45. The molecule has 1 N–H and O–H groups in total. The van der Waals surface area contributed by atoms with E-state index in [1.807, 2.05) is 59.5 Å². The molecule has 2 heterocycles. The van der Waals surface area contributed by atoms with Gasteiger partial charge in [-0.2, -0.15) is 0 Å². The summed E-state index contributed by atoms with van der Waals surface area (Å²) in [6.07, 6.45) is 4.99. The van der Waals surface area contributed by atoms with Crippen LogP contribution < -0.4 is 14.4 Å². The number of likely N-dealkylation sites (tertiary alicyclic amines) is 1. The van der Waals surface area contributed by atoms with Gasteiger partial charge in [-0.1, -0.05) is 60.7 Å². The minimum absolute atomic E-state index is 0.00451. The third kappa shape index (κ3) is 7.85. The molecule has 0 aliphatic carbocycles. The Hall–Kier alpha value is -4.33. The molecule has 2 aliphatic rings. The van der Waals surface area contributed by atoms with Crippen LogP contribution in [0.15, 0.2) is 97.1 Å². The van der Waals surface area contributed by atoms with Gasteiger partial charge in [0.15, 0.2) is 0 Å². The Morgan fingerprint density at radius 1 is 0.867 bits per heavy atom. The number of para-hydroxylation sites is 2. The average Bonchev–Trinajstić information content (AvgIpc) is 3.10. The molecular formula is C38H43N3O4. The first kappa shape index (κ1) is 30.7. The fourth-order valence-corrected chi connectivity index (χ4v) is 6.45. The molecule has 7 heteroatoms. The number of aliphatic hydroxyl groups is 1. The number of aliphatic hydroxyl groups excluding tert-OH is 1. The summed E-state index contributed by atoms with van der Waals surface area (Å²) in [4.78, 5) is 19.5. The quantitative estimate of drug-likeness (QED) is 0.230.